The molecule has 136 valence electrons. The highest BCUT2D eigenvalue weighted by molar-refractivity contribution is 7.17. The molecule has 0 spiro atoms. The van der Waals surface area contributed by atoms with E-state index in [0.29, 0.717) is 11.4 Å². The van der Waals surface area contributed by atoms with Crippen LogP contribution < -0.4 is 11.1 Å². The molecule has 0 saturated heterocycles. The van der Waals surface area contributed by atoms with E-state index in [1.807, 2.05) is 35.7 Å². The van der Waals surface area contributed by atoms with Gasteiger partial charge in [-0.05, 0) is 40.6 Å². The number of aromatic nitrogens is 1. The van der Waals surface area contributed by atoms with E-state index in [2.05, 4.69) is 15.3 Å². The first-order chi connectivity index (χ1) is 13.0. The van der Waals surface area contributed by atoms with E-state index in [4.69, 9.17) is 5.73 Å². The van der Waals surface area contributed by atoms with E-state index >= 15 is 0 Å². The van der Waals surface area contributed by atoms with Crippen LogP contribution in [0, 0.1) is 0 Å². The van der Waals surface area contributed by atoms with Gasteiger partial charge in [0.05, 0.1) is 17.2 Å². The molecule has 1 atom stereocenters. The van der Waals surface area contributed by atoms with Crippen molar-refractivity contribution in [1.82, 2.24) is 9.88 Å². The molecule has 1 aromatic carbocycles. The Morgan fingerprint density at radius 3 is 3.00 bits per heavy atom. The van der Waals surface area contributed by atoms with Crippen LogP contribution >= 0.6 is 11.3 Å². The minimum atomic E-state index is -0.357. The highest BCUT2D eigenvalue weighted by atomic mass is 32.1. The molecule has 3 N–H and O–H groups in total. The molecular formula is C19H17N5O2S. The van der Waals surface area contributed by atoms with Crippen molar-refractivity contribution in [2.24, 2.45) is 10.7 Å². The molecule has 0 saturated carbocycles. The lowest BCUT2D eigenvalue weighted by atomic mass is 10.0. The summed E-state index contributed by atoms with van der Waals surface area (Å²) in [5, 5.41) is 5.80. The average Bonchev–Trinajstić information content (AvgIpc) is 3.14. The summed E-state index contributed by atoms with van der Waals surface area (Å²) < 4.78 is 0.851. The van der Waals surface area contributed by atoms with Gasteiger partial charge in [0.25, 0.3) is 5.91 Å². The SMILES string of the molecule is CN1C(=O)CC(c2cccc(NC(=O)c3nccc4ccsc34)c2)N=C1N. The molecule has 2 aromatic heterocycles. The predicted molar refractivity (Wildman–Crippen MR) is 106 cm³/mol. The Labute approximate surface area is 159 Å². The van der Waals surface area contributed by atoms with Crippen molar-refractivity contribution in [3.05, 3.63) is 59.2 Å². The molecule has 8 heteroatoms. The first kappa shape index (κ1) is 17.2. The summed E-state index contributed by atoms with van der Waals surface area (Å²) in [5.74, 6) is -0.169. The summed E-state index contributed by atoms with van der Waals surface area (Å²) >= 11 is 1.48. The molecule has 3 aromatic rings. The number of nitrogens with zero attached hydrogens (tertiary/aromatic N) is 3. The van der Waals surface area contributed by atoms with Crippen molar-refractivity contribution >= 4 is 44.9 Å². The number of thiophene rings is 1. The lowest BCUT2D eigenvalue weighted by Crippen LogP contribution is -2.42. The van der Waals surface area contributed by atoms with Gasteiger partial charge in [0.1, 0.15) is 5.69 Å². The van der Waals surface area contributed by atoms with Crippen LogP contribution in [-0.2, 0) is 4.79 Å². The zero-order valence-electron chi connectivity index (χ0n) is 14.5. The second-order valence-corrected chi connectivity index (χ2v) is 7.15. The molecule has 0 radical (unpaired) electrons. The Balaban J connectivity index is 1.59. The number of guanidine groups is 1. The van der Waals surface area contributed by atoms with Gasteiger partial charge in [-0.1, -0.05) is 12.1 Å². The summed E-state index contributed by atoms with van der Waals surface area (Å²) in [6.45, 7) is 0. The minimum Gasteiger partial charge on any atom is -0.369 e. The molecule has 0 aliphatic carbocycles. The molecule has 3 heterocycles. The number of benzene rings is 1. The largest absolute Gasteiger partial charge is 0.369 e. The third-order valence-corrected chi connectivity index (χ3v) is 5.42. The van der Waals surface area contributed by atoms with Gasteiger partial charge in [-0.3, -0.25) is 14.5 Å². The van der Waals surface area contributed by atoms with Crippen molar-refractivity contribution in [3.63, 3.8) is 0 Å². The van der Waals surface area contributed by atoms with Crippen molar-refractivity contribution < 1.29 is 9.59 Å². The first-order valence-corrected chi connectivity index (χ1v) is 9.24. The van der Waals surface area contributed by atoms with Crippen LogP contribution in [0.3, 0.4) is 0 Å². The van der Waals surface area contributed by atoms with Gasteiger partial charge in [0, 0.05) is 18.9 Å². The number of fused-ring (bicyclic) bond motifs is 1. The number of nitrogens with one attached hydrogen (secondary N) is 1. The number of carbonyl (C=O) groups is 2. The number of anilines is 1. The van der Waals surface area contributed by atoms with Crippen molar-refractivity contribution in [2.45, 2.75) is 12.5 Å². The summed E-state index contributed by atoms with van der Waals surface area (Å²) in [4.78, 5) is 34.6. The third-order valence-electron chi connectivity index (χ3n) is 4.49. The molecule has 27 heavy (non-hydrogen) atoms. The molecule has 0 fully saturated rings. The predicted octanol–water partition coefficient (Wildman–Crippen LogP) is 2.77. The quantitative estimate of drug-likeness (QED) is 0.731. The number of hydrogen-bond acceptors (Lipinski definition) is 6. The van der Waals surface area contributed by atoms with E-state index < -0.39 is 0 Å². The first-order valence-electron chi connectivity index (χ1n) is 8.36. The smallest absolute Gasteiger partial charge is 0.275 e. The van der Waals surface area contributed by atoms with E-state index in [1.165, 1.54) is 16.2 Å². The lowest BCUT2D eigenvalue weighted by Gasteiger charge is -2.25. The third kappa shape index (κ3) is 3.26. The number of carbonyl (C=O) groups excluding carboxylic acids is 2. The molecule has 0 bridgehead atoms. The molecule has 1 aliphatic rings. The summed E-state index contributed by atoms with van der Waals surface area (Å²) in [6, 6.07) is 10.8. The number of hydrogen-bond donors (Lipinski definition) is 2. The van der Waals surface area contributed by atoms with Crippen molar-refractivity contribution in [3.8, 4) is 0 Å². The fourth-order valence-corrected chi connectivity index (χ4v) is 3.86. The van der Waals surface area contributed by atoms with Crippen LogP contribution in [0.1, 0.15) is 28.5 Å². The van der Waals surface area contributed by atoms with Gasteiger partial charge in [-0.25, -0.2) is 9.98 Å². The summed E-state index contributed by atoms with van der Waals surface area (Å²) in [5.41, 5.74) is 7.64. The Morgan fingerprint density at radius 1 is 1.33 bits per heavy atom. The summed E-state index contributed by atoms with van der Waals surface area (Å²) in [6.07, 6.45) is 1.87. The molecule has 7 nitrogen and oxygen atoms in total. The highest BCUT2D eigenvalue weighted by Crippen LogP contribution is 2.28. The Bertz CT molecular complexity index is 1070. The zero-order chi connectivity index (χ0) is 19.0. The number of rotatable bonds is 3. The van der Waals surface area contributed by atoms with Gasteiger partial charge in [-0.15, -0.1) is 11.3 Å². The molecule has 4 rings (SSSR count). The van der Waals surface area contributed by atoms with Crippen molar-refractivity contribution in [2.75, 3.05) is 12.4 Å². The van der Waals surface area contributed by atoms with Crippen LogP contribution in [0.2, 0.25) is 0 Å². The molecule has 1 aliphatic heterocycles. The van der Waals surface area contributed by atoms with Crippen LogP contribution in [-0.4, -0.2) is 34.7 Å². The van der Waals surface area contributed by atoms with E-state index in [1.54, 1.807) is 19.3 Å². The van der Waals surface area contributed by atoms with E-state index in [0.717, 1.165) is 15.6 Å². The van der Waals surface area contributed by atoms with Crippen LogP contribution in [0.5, 0.6) is 0 Å². The average molecular weight is 379 g/mol. The van der Waals surface area contributed by atoms with Gasteiger partial charge < -0.3 is 11.1 Å². The van der Waals surface area contributed by atoms with Gasteiger partial charge >= 0.3 is 0 Å². The van der Waals surface area contributed by atoms with E-state index in [9.17, 15) is 9.59 Å². The maximum absolute atomic E-state index is 12.7. The van der Waals surface area contributed by atoms with Gasteiger partial charge in [0.2, 0.25) is 5.91 Å². The van der Waals surface area contributed by atoms with Crippen LogP contribution in [0.4, 0.5) is 5.69 Å². The zero-order valence-corrected chi connectivity index (χ0v) is 15.4. The van der Waals surface area contributed by atoms with Gasteiger partial charge in [0.15, 0.2) is 5.96 Å². The number of nitrogens with two attached hydrogens (primary N) is 1. The lowest BCUT2D eigenvalue weighted by molar-refractivity contribution is -0.127. The maximum Gasteiger partial charge on any atom is 0.275 e. The second kappa shape index (κ2) is 6.81. The fraction of sp³-hybridized carbons (Fsp3) is 0.158. The molecule has 1 unspecified atom stereocenters. The molecule has 2 amide bonds. The monoisotopic (exact) mass is 379 g/mol. The normalized spacial score (nSPS) is 17.1. The fourth-order valence-electron chi connectivity index (χ4n) is 2.98. The Kier molecular flexibility index (Phi) is 4.33. The van der Waals surface area contributed by atoms with Crippen LogP contribution in [0.15, 0.2) is 53.0 Å². The van der Waals surface area contributed by atoms with E-state index in [-0.39, 0.29) is 30.2 Å². The second-order valence-electron chi connectivity index (χ2n) is 6.24. The van der Waals surface area contributed by atoms with Crippen LogP contribution in [0.25, 0.3) is 10.1 Å². The maximum atomic E-state index is 12.7. The standard InChI is InChI=1S/C19H17N5O2S/c1-24-15(25)10-14(23-19(24)20)12-3-2-4-13(9-12)22-18(26)16-17-11(5-7-21-16)6-8-27-17/h2-9,14H,10H2,1H3,(H2,20,23)(H,22,26). The number of aliphatic imine (C=N–C) groups is 1. The molecular weight excluding hydrogens is 362 g/mol. The van der Waals surface area contributed by atoms with Crippen molar-refractivity contribution in [1.29, 1.82) is 0 Å². The van der Waals surface area contributed by atoms with Gasteiger partial charge in [-0.2, -0.15) is 0 Å². The summed E-state index contributed by atoms with van der Waals surface area (Å²) in [7, 11) is 1.60. The Morgan fingerprint density at radius 2 is 2.19 bits per heavy atom. The highest BCUT2D eigenvalue weighted by Gasteiger charge is 2.26. The Hall–Kier alpha value is -3.26. The number of amides is 2. The topological polar surface area (TPSA) is 101 Å². The minimum absolute atomic E-state index is 0.0875. The number of pyridine rings is 1.